The summed E-state index contributed by atoms with van der Waals surface area (Å²) in [4.78, 5) is 18.7. The molecular weight excluding hydrogens is 374 g/mol. The highest BCUT2D eigenvalue weighted by molar-refractivity contribution is 7.99. The number of aromatic nitrogens is 2. The molecule has 2 aromatic heterocycles. The third-order valence-electron chi connectivity index (χ3n) is 5.06. The summed E-state index contributed by atoms with van der Waals surface area (Å²) < 4.78 is 2.09. The van der Waals surface area contributed by atoms with E-state index >= 15 is 0 Å². The second kappa shape index (κ2) is 7.52. The zero-order valence-corrected chi connectivity index (χ0v) is 17.4. The number of rotatable bonds is 4. The smallest absolute Gasteiger partial charge is 0.240 e. The molecule has 3 aromatic rings. The van der Waals surface area contributed by atoms with Gasteiger partial charge in [0, 0.05) is 33.0 Å². The van der Waals surface area contributed by atoms with E-state index < -0.39 is 0 Å². The van der Waals surface area contributed by atoms with Crippen LogP contribution in [0.15, 0.2) is 40.6 Å². The van der Waals surface area contributed by atoms with Gasteiger partial charge in [0.1, 0.15) is 6.54 Å². The second-order valence-corrected chi connectivity index (χ2v) is 9.12. The van der Waals surface area contributed by atoms with Gasteiger partial charge in [0.05, 0.1) is 16.7 Å². The van der Waals surface area contributed by atoms with Gasteiger partial charge in [-0.2, -0.15) is 0 Å². The fourth-order valence-electron chi connectivity index (χ4n) is 3.67. The van der Waals surface area contributed by atoms with Crippen LogP contribution in [0.4, 0.5) is 0 Å². The number of amides is 1. The van der Waals surface area contributed by atoms with Crippen LogP contribution in [0.5, 0.6) is 0 Å². The molecule has 1 atom stereocenters. The summed E-state index contributed by atoms with van der Waals surface area (Å²) in [5.74, 6) is 1.10. The van der Waals surface area contributed by atoms with Crippen molar-refractivity contribution in [1.82, 2.24) is 14.9 Å². The Morgan fingerprint density at radius 2 is 2.11 bits per heavy atom. The lowest BCUT2D eigenvalue weighted by molar-refractivity contribution is -0.122. The number of nitrogens with zero attached hydrogens (tertiary/aromatic N) is 2. The van der Waals surface area contributed by atoms with Crippen LogP contribution >= 0.6 is 23.1 Å². The van der Waals surface area contributed by atoms with Crippen LogP contribution in [0.25, 0.3) is 11.3 Å². The molecule has 1 amide bonds. The molecule has 0 spiro atoms. The van der Waals surface area contributed by atoms with Crippen LogP contribution in [0.1, 0.15) is 34.4 Å². The highest BCUT2D eigenvalue weighted by atomic mass is 32.2. The Balaban J connectivity index is 1.52. The first-order valence-electron chi connectivity index (χ1n) is 9.13. The summed E-state index contributed by atoms with van der Waals surface area (Å²) in [6.45, 7) is 6.47. The molecule has 1 aliphatic heterocycles. The average Bonchev–Trinajstić information content (AvgIpc) is 3.20. The highest BCUT2D eigenvalue weighted by Gasteiger charge is 2.23. The van der Waals surface area contributed by atoms with Gasteiger partial charge in [-0.05, 0) is 44.9 Å². The molecule has 0 unspecified atom stereocenters. The van der Waals surface area contributed by atoms with Gasteiger partial charge in [0.25, 0.3) is 0 Å². The summed E-state index contributed by atoms with van der Waals surface area (Å²) in [6.07, 6.45) is 0.973. The fourth-order valence-corrected chi connectivity index (χ4v) is 5.40. The third kappa shape index (κ3) is 3.69. The molecule has 140 valence electrons. The molecule has 0 saturated carbocycles. The number of hydrogen-bond acceptors (Lipinski definition) is 4. The lowest BCUT2D eigenvalue weighted by atomic mass is 10.0. The molecule has 1 aliphatic rings. The van der Waals surface area contributed by atoms with Crippen LogP contribution in [0, 0.1) is 20.8 Å². The van der Waals surface area contributed by atoms with Gasteiger partial charge in [-0.1, -0.05) is 18.2 Å². The minimum atomic E-state index is 0.0597. The number of carbonyl (C=O) groups excluding carboxylic acids is 1. The van der Waals surface area contributed by atoms with Crippen molar-refractivity contribution in [2.75, 3.05) is 5.75 Å². The first-order chi connectivity index (χ1) is 13.0. The van der Waals surface area contributed by atoms with E-state index in [1.54, 1.807) is 11.3 Å². The van der Waals surface area contributed by atoms with Crippen molar-refractivity contribution < 1.29 is 4.79 Å². The molecule has 0 bridgehead atoms. The van der Waals surface area contributed by atoms with E-state index in [4.69, 9.17) is 0 Å². The molecule has 0 aliphatic carbocycles. The molecule has 4 rings (SSSR count). The predicted octanol–water partition coefficient (Wildman–Crippen LogP) is 4.89. The molecule has 4 nitrogen and oxygen atoms in total. The minimum absolute atomic E-state index is 0.0597. The zero-order valence-electron chi connectivity index (χ0n) is 15.8. The SMILES string of the molecule is Cc1nc(-c2cc(C)n(CC(=O)N[C@@H]3CCSc4ccccc43)c2C)cs1. The van der Waals surface area contributed by atoms with Crippen molar-refractivity contribution >= 4 is 29.0 Å². The minimum Gasteiger partial charge on any atom is -0.348 e. The van der Waals surface area contributed by atoms with Gasteiger partial charge in [0.15, 0.2) is 0 Å². The van der Waals surface area contributed by atoms with Crippen molar-refractivity contribution in [3.63, 3.8) is 0 Å². The van der Waals surface area contributed by atoms with Gasteiger partial charge < -0.3 is 9.88 Å². The molecule has 0 radical (unpaired) electrons. The number of nitrogens with one attached hydrogen (secondary N) is 1. The van der Waals surface area contributed by atoms with Crippen molar-refractivity contribution in [3.8, 4) is 11.3 Å². The number of thiazole rings is 1. The number of fused-ring (bicyclic) bond motifs is 1. The number of thioether (sulfide) groups is 1. The van der Waals surface area contributed by atoms with Crippen molar-refractivity contribution in [3.05, 3.63) is 57.7 Å². The Hall–Kier alpha value is -2.05. The largest absolute Gasteiger partial charge is 0.348 e. The summed E-state index contributed by atoms with van der Waals surface area (Å²) in [5, 5.41) is 6.38. The fraction of sp³-hybridized carbons (Fsp3) is 0.333. The molecule has 1 aromatic carbocycles. The van der Waals surface area contributed by atoms with Crippen molar-refractivity contribution in [2.24, 2.45) is 0 Å². The van der Waals surface area contributed by atoms with Crippen LogP contribution < -0.4 is 5.32 Å². The summed E-state index contributed by atoms with van der Waals surface area (Å²) in [5.41, 5.74) is 5.52. The summed E-state index contributed by atoms with van der Waals surface area (Å²) >= 11 is 3.52. The third-order valence-corrected chi connectivity index (χ3v) is 6.96. The molecule has 1 N–H and O–H groups in total. The van der Waals surface area contributed by atoms with Crippen molar-refractivity contribution in [2.45, 2.75) is 44.7 Å². The molecule has 27 heavy (non-hydrogen) atoms. The van der Waals surface area contributed by atoms with Gasteiger partial charge in [0.2, 0.25) is 5.91 Å². The molecular formula is C21H23N3OS2. The number of carbonyl (C=O) groups is 1. The van der Waals surface area contributed by atoms with Crippen LogP contribution in [-0.2, 0) is 11.3 Å². The monoisotopic (exact) mass is 397 g/mol. The first-order valence-corrected chi connectivity index (χ1v) is 11.0. The Labute approximate surface area is 168 Å². The van der Waals surface area contributed by atoms with E-state index in [9.17, 15) is 4.79 Å². The Bertz CT molecular complexity index is 989. The Morgan fingerprint density at radius 1 is 1.30 bits per heavy atom. The quantitative estimate of drug-likeness (QED) is 0.682. The van der Waals surface area contributed by atoms with E-state index in [1.807, 2.05) is 24.8 Å². The van der Waals surface area contributed by atoms with Crippen LogP contribution in [0.3, 0.4) is 0 Å². The van der Waals surface area contributed by atoms with Gasteiger partial charge in [-0.15, -0.1) is 23.1 Å². The Morgan fingerprint density at radius 3 is 2.89 bits per heavy atom. The van der Waals surface area contributed by atoms with Gasteiger partial charge in [-0.3, -0.25) is 4.79 Å². The van der Waals surface area contributed by atoms with Gasteiger partial charge >= 0.3 is 0 Å². The second-order valence-electron chi connectivity index (χ2n) is 6.92. The van der Waals surface area contributed by atoms with Gasteiger partial charge in [-0.25, -0.2) is 4.98 Å². The molecule has 0 saturated heterocycles. The maximum absolute atomic E-state index is 12.8. The van der Waals surface area contributed by atoms with E-state index in [-0.39, 0.29) is 11.9 Å². The summed E-state index contributed by atoms with van der Waals surface area (Å²) in [6, 6.07) is 10.6. The lowest BCUT2D eigenvalue weighted by Gasteiger charge is -2.26. The standard InChI is InChI=1S/C21H23N3OS2/c1-13-10-17(19-12-27-15(3)22-19)14(2)24(13)11-21(25)23-18-8-9-26-20-7-5-4-6-16(18)20/h4-7,10,12,18H,8-9,11H2,1-3H3,(H,23,25)/t18-/m1/s1. The Kier molecular flexibility index (Phi) is 5.10. The number of aryl methyl sites for hydroxylation is 2. The maximum atomic E-state index is 12.8. The topological polar surface area (TPSA) is 46.9 Å². The average molecular weight is 398 g/mol. The predicted molar refractivity (Wildman–Crippen MR) is 112 cm³/mol. The number of benzene rings is 1. The van der Waals surface area contributed by atoms with E-state index in [0.29, 0.717) is 6.54 Å². The molecule has 6 heteroatoms. The normalized spacial score (nSPS) is 16.2. The lowest BCUT2D eigenvalue weighted by Crippen LogP contribution is -2.33. The highest BCUT2D eigenvalue weighted by Crippen LogP contribution is 2.36. The van der Waals surface area contributed by atoms with E-state index in [2.05, 4.69) is 58.4 Å². The molecule has 3 heterocycles. The van der Waals surface area contributed by atoms with E-state index in [0.717, 1.165) is 39.8 Å². The first kappa shape index (κ1) is 18.3. The van der Waals surface area contributed by atoms with E-state index in [1.165, 1.54) is 10.5 Å². The number of hydrogen-bond donors (Lipinski definition) is 1. The molecule has 0 fully saturated rings. The zero-order chi connectivity index (χ0) is 19.0. The van der Waals surface area contributed by atoms with Crippen LogP contribution in [-0.4, -0.2) is 21.2 Å². The van der Waals surface area contributed by atoms with Crippen molar-refractivity contribution in [1.29, 1.82) is 0 Å². The maximum Gasteiger partial charge on any atom is 0.240 e. The van der Waals surface area contributed by atoms with Crippen LogP contribution in [0.2, 0.25) is 0 Å². The summed E-state index contributed by atoms with van der Waals surface area (Å²) in [7, 11) is 0.